The van der Waals surface area contributed by atoms with Gasteiger partial charge in [0.15, 0.2) is 0 Å². The van der Waals surface area contributed by atoms with Crippen LogP contribution in [0.3, 0.4) is 0 Å². The highest BCUT2D eigenvalue weighted by molar-refractivity contribution is 9.10. The van der Waals surface area contributed by atoms with Crippen LogP contribution in [0, 0.1) is 6.92 Å². The molecule has 1 rings (SSSR count). The van der Waals surface area contributed by atoms with E-state index in [9.17, 15) is 4.79 Å². The Morgan fingerprint density at radius 2 is 2.25 bits per heavy atom. The maximum Gasteiger partial charge on any atom is 0.251 e. The van der Waals surface area contributed by atoms with Crippen LogP contribution in [0.2, 0.25) is 0 Å². The van der Waals surface area contributed by atoms with E-state index >= 15 is 0 Å². The molecule has 0 aromatic heterocycles. The second-order valence-corrected chi connectivity index (χ2v) is 4.36. The molecule has 0 heterocycles. The summed E-state index contributed by atoms with van der Waals surface area (Å²) in [7, 11) is 0. The highest BCUT2D eigenvalue weighted by atomic mass is 79.9. The van der Waals surface area contributed by atoms with Gasteiger partial charge in [0.2, 0.25) is 0 Å². The third kappa shape index (κ3) is 3.59. The molecule has 16 heavy (non-hydrogen) atoms. The van der Waals surface area contributed by atoms with Crippen LogP contribution in [0.15, 0.2) is 22.7 Å². The summed E-state index contributed by atoms with van der Waals surface area (Å²) in [6.45, 7) is 1.61. The molecule has 0 bridgehead atoms. The van der Waals surface area contributed by atoms with Crippen molar-refractivity contribution >= 4 is 21.8 Å². The van der Waals surface area contributed by atoms with Crippen LogP contribution in [0.1, 0.15) is 15.9 Å². The number of halogens is 1. The molecular formula is C11H14BrNO3. The summed E-state index contributed by atoms with van der Waals surface area (Å²) in [6, 6.07) is 5.26. The molecule has 1 atom stereocenters. The van der Waals surface area contributed by atoms with Crippen LogP contribution in [-0.2, 0) is 0 Å². The van der Waals surface area contributed by atoms with E-state index in [0.717, 1.165) is 10.0 Å². The fraction of sp³-hybridized carbons (Fsp3) is 0.364. The molecule has 1 aromatic carbocycles. The number of benzene rings is 1. The minimum absolute atomic E-state index is 0.0425. The van der Waals surface area contributed by atoms with Crippen LogP contribution in [0.4, 0.5) is 0 Å². The Labute approximate surface area is 102 Å². The van der Waals surface area contributed by atoms with Crippen LogP contribution < -0.4 is 5.32 Å². The molecule has 0 saturated carbocycles. The molecule has 0 aliphatic rings. The summed E-state index contributed by atoms with van der Waals surface area (Å²) in [6.07, 6.45) is -0.919. The van der Waals surface area contributed by atoms with Crippen molar-refractivity contribution in [3.63, 3.8) is 0 Å². The SMILES string of the molecule is Cc1ccc(C(=O)NCC(O)CO)cc1Br. The number of hydrogen-bond acceptors (Lipinski definition) is 3. The maximum absolute atomic E-state index is 11.6. The van der Waals surface area contributed by atoms with E-state index in [0.29, 0.717) is 5.56 Å². The smallest absolute Gasteiger partial charge is 0.251 e. The average Bonchev–Trinajstić information content (AvgIpc) is 2.29. The van der Waals surface area contributed by atoms with Gasteiger partial charge in [-0.3, -0.25) is 4.79 Å². The van der Waals surface area contributed by atoms with Crippen molar-refractivity contribution in [3.8, 4) is 0 Å². The van der Waals surface area contributed by atoms with Crippen molar-refractivity contribution in [1.82, 2.24) is 5.32 Å². The number of nitrogens with one attached hydrogen (secondary N) is 1. The van der Waals surface area contributed by atoms with Gasteiger partial charge >= 0.3 is 0 Å². The molecule has 0 aliphatic carbocycles. The van der Waals surface area contributed by atoms with Crippen LogP contribution in [0.5, 0.6) is 0 Å². The summed E-state index contributed by atoms with van der Waals surface area (Å²) in [5.74, 6) is -0.270. The highest BCUT2D eigenvalue weighted by Gasteiger charge is 2.09. The zero-order valence-electron chi connectivity index (χ0n) is 8.90. The van der Waals surface area contributed by atoms with Gasteiger partial charge in [0.05, 0.1) is 12.7 Å². The molecule has 0 aliphatic heterocycles. The van der Waals surface area contributed by atoms with Gasteiger partial charge in [-0.1, -0.05) is 22.0 Å². The number of aliphatic hydroxyl groups is 2. The molecule has 1 aromatic rings. The number of carbonyl (C=O) groups is 1. The Bertz CT molecular complexity index is 381. The van der Waals surface area contributed by atoms with E-state index in [-0.39, 0.29) is 19.1 Å². The Kier molecular flexibility index (Phi) is 4.92. The molecule has 0 radical (unpaired) electrons. The zero-order chi connectivity index (χ0) is 12.1. The lowest BCUT2D eigenvalue weighted by Crippen LogP contribution is -2.33. The number of aliphatic hydroxyl groups excluding tert-OH is 2. The Balaban J connectivity index is 2.63. The van der Waals surface area contributed by atoms with Gasteiger partial charge in [0.25, 0.3) is 5.91 Å². The monoisotopic (exact) mass is 287 g/mol. The number of hydrogen-bond donors (Lipinski definition) is 3. The molecule has 0 spiro atoms. The first kappa shape index (κ1) is 13.2. The second-order valence-electron chi connectivity index (χ2n) is 3.51. The molecule has 0 saturated heterocycles. The molecule has 88 valence electrons. The Morgan fingerprint density at radius 3 is 2.81 bits per heavy atom. The zero-order valence-corrected chi connectivity index (χ0v) is 10.5. The summed E-state index contributed by atoms with van der Waals surface area (Å²) < 4.78 is 0.864. The van der Waals surface area contributed by atoms with Crippen molar-refractivity contribution < 1.29 is 15.0 Å². The van der Waals surface area contributed by atoms with Gasteiger partial charge in [0.1, 0.15) is 0 Å². The van der Waals surface area contributed by atoms with Crippen molar-refractivity contribution in [2.75, 3.05) is 13.2 Å². The molecule has 1 unspecified atom stereocenters. The molecule has 3 N–H and O–H groups in total. The molecule has 4 nitrogen and oxygen atoms in total. The fourth-order valence-corrected chi connectivity index (χ4v) is 1.49. The van der Waals surface area contributed by atoms with E-state index in [1.165, 1.54) is 0 Å². The van der Waals surface area contributed by atoms with E-state index < -0.39 is 6.10 Å². The van der Waals surface area contributed by atoms with Gasteiger partial charge in [-0.2, -0.15) is 0 Å². The number of carbonyl (C=O) groups excluding carboxylic acids is 1. The lowest BCUT2D eigenvalue weighted by Gasteiger charge is -2.09. The van der Waals surface area contributed by atoms with E-state index in [1.807, 2.05) is 13.0 Å². The Hall–Kier alpha value is -0.910. The molecular weight excluding hydrogens is 274 g/mol. The molecule has 1 amide bonds. The normalized spacial score (nSPS) is 12.2. The maximum atomic E-state index is 11.6. The van der Waals surface area contributed by atoms with E-state index in [2.05, 4.69) is 21.2 Å². The average molecular weight is 288 g/mol. The second kappa shape index (κ2) is 5.98. The van der Waals surface area contributed by atoms with Crippen LogP contribution in [0.25, 0.3) is 0 Å². The minimum Gasteiger partial charge on any atom is -0.394 e. The quantitative estimate of drug-likeness (QED) is 0.769. The topological polar surface area (TPSA) is 69.6 Å². The fourth-order valence-electron chi connectivity index (χ4n) is 1.11. The summed E-state index contributed by atoms with van der Waals surface area (Å²) in [5.41, 5.74) is 1.56. The highest BCUT2D eigenvalue weighted by Crippen LogP contribution is 2.17. The third-order valence-corrected chi connectivity index (χ3v) is 3.00. The minimum atomic E-state index is -0.919. The van der Waals surface area contributed by atoms with Crippen molar-refractivity contribution in [3.05, 3.63) is 33.8 Å². The van der Waals surface area contributed by atoms with Crippen molar-refractivity contribution in [1.29, 1.82) is 0 Å². The number of aryl methyl sites for hydroxylation is 1. The first-order chi connectivity index (χ1) is 7.54. The van der Waals surface area contributed by atoms with Crippen molar-refractivity contribution in [2.24, 2.45) is 0 Å². The van der Waals surface area contributed by atoms with Crippen LogP contribution >= 0.6 is 15.9 Å². The number of amides is 1. The van der Waals surface area contributed by atoms with Gasteiger partial charge in [-0.05, 0) is 24.6 Å². The standard InChI is InChI=1S/C11H14BrNO3/c1-7-2-3-8(4-10(7)12)11(16)13-5-9(15)6-14/h2-4,9,14-15H,5-6H2,1H3,(H,13,16). The summed E-state index contributed by atoms with van der Waals surface area (Å²) in [4.78, 5) is 11.6. The third-order valence-electron chi connectivity index (χ3n) is 2.14. The van der Waals surface area contributed by atoms with Gasteiger partial charge in [0, 0.05) is 16.6 Å². The first-order valence-electron chi connectivity index (χ1n) is 4.88. The van der Waals surface area contributed by atoms with Crippen LogP contribution in [-0.4, -0.2) is 35.4 Å². The number of rotatable bonds is 4. The molecule has 5 heteroatoms. The molecule has 0 fully saturated rings. The van der Waals surface area contributed by atoms with Gasteiger partial charge in [-0.15, -0.1) is 0 Å². The van der Waals surface area contributed by atoms with Gasteiger partial charge < -0.3 is 15.5 Å². The first-order valence-corrected chi connectivity index (χ1v) is 5.67. The lowest BCUT2D eigenvalue weighted by atomic mass is 10.1. The predicted molar refractivity (Wildman–Crippen MR) is 64.3 cm³/mol. The van der Waals surface area contributed by atoms with E-state index in [1.54, 1.807) is 12.1 Å². The summed E-state index contributed by atoms with van der Waals surface area (Å²) >= 11 is 3.34. The van der Waals surface area contributed by atoms with Gasteiger partial charge in [-0.25, -0.2) is 0 Å². The van der Waals surface area contributed by atoms with E-state index in [4.69, 9.17) is 10.2 Å². The lowest BCUT2D eigenvalue weighted by molar-refractivity contribution is 0.0802. The Morgan fingerprint density at radius 1 is 1.56 bits per heavy atom. The van der Waals surface area contributed by atoms with Crippen molar-refractivity contribution in [2.45, 2.75) is 13.0 Å². The predicted octanol–water partition coefficient (Wildman–Crippen LogP) is 0.841. The largest absolute Gasteiger partial charge is 0.394 e. The summed E-state index contributed by atoms with van der Waals surface area (Å²) in [5, 5.41) is 20.2.